The standard InChI is InChI=1S/C43H63N11O18/c1-7-68-40(63)31(32(59)33-34(70-24(5)56)35(71-25(6)57)38(72-33)53-20-16-28(58)49-43(53)65)45-18-12-19-46-37(61)30(23(4)55)50-36(60)27(15-11-17-47-41(44)52-54(66)67)48-42(64)51-29(22(2)3)39(62)69-21-26-13-9-8-10-14-26/h8-10,13-14,16,20,22-23,27,29-35,38,45,55,59H,7,11-12,15,17-19,21H2,1-6H3,(H8-,44,46,47,48,49,50,51,52,58,60,61,64,65,66,67)/p+1. The smallest absolute Gasteiger partial charge is 0.362 e. The molecule has 0 saturated carbocycles. The first-order chi connectivity index (χ1) is 34.0. The van der Waals surface area contributed by atoms with Crippen molar-refractivity contribution in [3.63, 3.8) is 0 Å². The van der Waals surface area contributed by atoms with Crippen LogP contribution in [0.1, 0.15) is 72.6 Å². The molecule has 10 unspecified atom stereocenters. The SMILES string of the molecule is CCOC(=O)C(NCCCNC(=O)C(NC(=O)C(CCCN=C(N)N[N+](=O)O)NC(=O)NC(C(=O)OCc1ccccc1)C(C)C)C(C)O)C(O)C1OC(n2ccc(=O)[nH]c2=O)C(OC(C)=O)C1OC(C)=O. The summed E-state index contributed by atoms with van der Waals surface area (Å²) in [6, 6.07) is 2.96. The van der Waals surface area contributed by atoms with E-state index in [0.29, 0.717) is 5.56 Å². The number of nitrogens with zero attached hydrogens (tertiary/aromatic N) is 3. The molecule has 2 aromatic rings. The van der Waals surface area contributed by atoms with Gasteiger partial charge in [-0.05, 0) is 56.6 Å². The number of carbonyl (C=O) groups excluding carboxylic acids is 7. The van der Waals surface area contributed by atoms with Crippen molar-refractivity contribution in [2.24, 2.45) is 16.6 Å². The molecule has 0 aliphatic carbocycles. The van der Waals surface area contributed by atoms with Gasteiger partial charge in [0, 0.05) is 39.2 Å². The highest BCUT2D eigenvalue weighted by Gasteiger charge is 2.55. The number of benzene rings is 1. The lowest BCUT2D eigenvalue weighted by molar-refractivity contribution is -0.822. The number of nitrogens with two attached hydrogens (primary N) is 1. The number of aliphatic hydroxyl groups excluding tert-OH is 2. The van der Waals surface area contributed by atoms with Gasteiger partial charge in [-0.3, -0.25) is 38.3 Å². The van der Waals surface area contributed by atoms with Crippen molar-refractivity contribution in [2.45, 2.75) is 128 Å². The summed E-state index contributed by atoms with van der Waals surface area (Å²) in [6.07, 6.45) is -8.97. The third-order valence-electron chi connectivity index (χ3n) is 10.4. The molecule has 0 radical (unpaired) electrons. The zero-order valence-corrected chi connectivity index (χ0v) is 40.4. The summed E-state index contributed by atoms with van der Waals surface area (Å²) in [5.74, 6) is -6.35. The Kier molecular flexibility index (Phi) is 23.7. The number of aliphatic imine (C=N–C) groups is 1. The average molecular weight is 1020 g/mol. The Labute approximate surface area is 411 Å². The van der Waals surface area contributed by atoms with E-state index in [9.17, 15) is 58.3 Å². The second-order valence-electron chi connectivity index (χ2n) is 16.5. The number of urea groups is 1. The van der Waals surface area contributed by atoms with Crippen molar-refractivity contribution in [2.75, 3.05) is 26.2 Å². The number of hydrogen-bond acceptors (Lipinski definition) is 19. The van der Waals surface area contributed by atoms with Crippen LogP contribution in [0.4, 0.5) is 4.79 Å². The molecule has 1 aromatic heterocycles. The molecule has 0 bridgehead atoms. The Morgan fingerprint density at radius 3 is 2.11 bits per heavy atom. The van der Waals surface area contributed by atoms with Crippen molar-refractivity contribution in [3.05, 3.63) is 73.9 Å². The molecule has 1 aliphatic heterocycles. The average Bonchev–Trinajstić information content (AvgIpc) is 3.63. The van der Waals surface area contributed by atoms with E-state index in [-0.39, 0.29) is 52.1 Å². The molecule has 1 saturated heterocycles. The van der Waals surface area contributed by atoms with E-state index in [1.54, 1.807) is 49.6 Å². The molecule has 1 fully saturated rings. The summed E-state index contributed by atoms with van der Waals surface area (Å²) < 4.78 is 28.1. The molecule has 2 heterocycles. The van der Waals surface area contributed by atoms with E-state index >= 15 is 0 Å². The predicted octanol–water partition coefficient (Wildman–Crippen LogP) is -3.25. The number of ether oxygens (including phenoxy) is 5. The van der Waals surface area contributed by atoms with E-state index in [4.69, 9.17) is 34.6 Å². The van der Waals surface area contributed by atoms with Crippen LogP contribution in [0.15, 0.2) is 57.2 Å². The second kappa shape index (κ2) is 29.0. The molecule has 29 heteroatoms. The topological polar surface area (TPSA) is 412 Å². The third kappa shape index (κ3) is 18.7. The normalized spacial score (nSPS) is 19.0. The van der Waals surface area contributed by atoms with E-state index in [1.165, 1.54) is 13.8 Å². The Balaban J connectivity index is 1.73. The van der Waals surface area contributed by atoms with E-state index in [0.717, 1.165) is 30.7 Å². The van der Waals surface area contributed by atoms with Crippen LogP contribution in [0.3, 0.4) is 0 Å². The van der Waals surface area contributed by atoms with Gasteiger partial charge in [0.1, 0.15) is 47.9 Å². The number of carbonyl (C=O) groups is 7. The highest BCUT2D eigenvalue weighted by atomic mass is 16.7. The minimum Gasteiger partial charge on any atom is -0.465 e. The summed E-state index contributed by atoms with van der Waals surface area (Å²) in [4.78, 5) is 133. The number of esters is 4. The fourth-order valence-corrected chi connectivity index (χ4v) is 7.08. The summed E-state index contributed by atoms with van der Waals surface area (Å²) in [5.41, 5.74) is 6.23. The predicted molar refractivity (Wildman–Crippen MR) is 247 cm³/mol. The van der Waals surface area contributed by atoms with E-state index in [1.807, 2.05) is 4.98 Å². The molecule has 0 spiro atoms. The van der Waals surface area contributed by atoms with Crippen LogP contribution < -0.4 is 49.0 Å². The summed E-state index contributed by atoms with van der Waals surface area (Å²) in [5, 5.41) is 43.1. The van der Waals surface area contributed by atoms with Gasteiger partial charge in [0.25, 0.3) is 11.5 Å². The van der Waals surface area contributed by atoms with Crippen LogP contribution in [0.5, 0.6) is 0 Å². The number of hydrazine groups is 1. The van der Waals surface area contributed by atoms with Gasteiger partial charge in [-0.1, -0.05) is 44.2 Å². The lowest BCUT2D eigenvalue weighted by atomic mass is 9.98. The molecule has 29 nitrogen and oxygen atoms in total. The third-order valence-corrected chi connectivity index (χ3v) is 10.4. The number of amides is 4. The zero-order chi connectivity index (χ0) is 53.7. The molecule has 3 rings (SSSR count). The van der Waals surface area contributed by atoms with Crippen LogP contribution in [-0.4, -0.2) is 159 Å². The summed E-state index contributed by atoms with van der Waals surface area (Å²) in [6.45, 7) is 7.41. The first kappa shape index (κ1) is 58.8. The first-order valence-corrected chi connectivity index (χ1v) is 22.7. The van der Waals surface area contributed by atoms with Crippen molar-refractivity contribution >= 4 is 47.7 Å². The van der Waals surface area contributed by atoms with Crippen LogP contribution in [0, 0.1) is 10.8 Å². The highest BCUT2D eigenvalue weighted by Crippen LogP contribution is 2.35. The van der Waals surface area contributed by atoms with E-state index < -0.39 is 131 Å². The molecule has 1 aromatic carbocycles. The van der Waals surface area contributed by atoms with Gasteiger partial charge in [-0.15, -0.1) is 0 Å². The second-order valence-corrected chi connectivity index (χ2v) is 16.5. The number of hydrogen-bond donors (Lipinski definition) is 11. The number of aromatic amines is 1. The van der Waals surface area contributed by atoms with Crippen molar-refractivity contribution < 1.29 is 77.7 Å². The minimum absolute atomic E-state index is 0.0211. The number of aliphatic hydroxyl groups is 2. The zero-order valence-electron chi connectivity index (χ0n) is 40.4. The van der Waals surface area contributed by atoms with Crippen molar-refractivity contribution in [3.8, 4) is 0 Å². The monoisotopic (exact) mass is 1020 g/mol. The van der Waals surface area contributed by atoms with Gasteiger partial charge in [0.2, 0.25) is 11.8 Å². The van der Waals surface area contributed by atoms with Crippen molar-refractivity contribution in [1.82, 2.24) is 41.6 Å². The number of aromatic nitrogens is 2. The lowest BCUT2D eigenvalue weighted by Crippen LogP contribution is -2.59. The Morgan fingerprint density at radius 1 is 0.861 bits per heavy atom. The van der Waals surface area contributed by atoms with Crippen molar-refractivity contribution in [1.29, 1.82) is 0 Å². The molecular weight excluding hydrogens is 959 g/mol. The number of rotatable bonds is 27. The Morgan fingerprint density at radius 2 is 1.51 bits per heavy atom. The maximum atomic E-state index is 13.8. The fraction of sp³-hybridized carbons (Fsp3) is 0.581. The molecule has 10 atom stereocenters. The Bertz CT molecular complexity index is 2330. The largest absolute Gasteiger partial charge is 0.465 e. The van der Waals surface area contributed by atoms with Gasteiger partial charge in [-0.25, -0.2) is 24.6 Å². The summed E-state index contributed by atoms with van der Waals surface area (Å²) in [7, 11) is 0. The number of H-pyrrole nitrogens is 1. The Hall–Kier alpha value is -7.50. The lowest BCUT2D eigenvalue weighted by Gasteiger charge is -2.30. The van der Waals surface area contributed by atoms with Gasteiger partial charge in [0.15, 0.2) is 18.4 Å². The van der Waals surface area contributed by atoms with Crippen LogP contribution in [-0.2, 0) is 59.1 Å². The quantitative estimate of drug-likeness (QED) is 0.0105. The fourth-order valence-electron chi connectivity index (χ4n) is 7.08. The summed E-state index contributed by atoms with van der Waals surface area (Å²) >= 11 is 0. The molecule has 12 N–H and O–H groups in total. The van der Waals surface area contributed by atoms with E-state index in [2.05, 4.69) is 31.6 Å². The van der Waals surface area contributed by atoms with Gasteiger partial charge < -0.3 is 66.2 Å². The van der Waals surface area contributed by atoms with Gasteiger partial charge in [0.05, 0.1) is 12.7 Å². The van der Waals surface area contributed by atoms with Gasteiger partial charge in [-0.2, -0.15) is 0 Å². The number of guanidine groups is 1. The molecule has 398 valence electrons. The van der Waals surface area contributed by atoms with Crippen LogP contribution in [0.25, 0.3) is 0 Å². The maximum absolute atomic E-state index is 13.8. The van der Waals surface area contributed by atoms with Gasteiger partial charge >= 0.3 is 40.6 Å². The highest BCUT2D eigenvalue weighted by molar-refractivity contribution is 5.93. The van der Waals surface area contributed by atoms with Crippen LogP contribution in [0.2, 0.25) is 0 Å². The molecular formula is C43H64N11O18+. The maximum Gasteiger partial charge on any atom is 0.362 e. The molecule has 4 amide bonds. The number of nitrogens with one attached hydrogen (secondary N) is 7. The molecule has 1 aliphatic rings. The first-order valence-electron chi connectivity index (χ1n) is 22.7. The molecule has 72 heavy (non-hydrogen) atoms. The minimum atomic E-state index is -1.93. The van der Waals surface area contributed by atoms with Crippen LogP contribution >= 0.6 is 0 Å².